The third kappa shape index (κ3) is 3.11. The summed E-state index contributed by atoms with van der Waals surface area (Å²) in [6.07, 6.45) is 1.62. The number of hydrogen-bond acceptors (Lipinski definition) is 3. The average Bonchev–Trinajstić information content (AvgIpc) is 2.28. The molecule has 0 unspecified atom stereocenters. The summed E-state index contributed by atoms with van der Waals surface area (Å²) >= 11 is 0. The van der Waals surface area contributed by atoms with Crippen LogP contribution in [0.25, 0.3) is 6.08 Å². The second-order valence-electron chi connectivity index (χ2n) is 4.36. The summed E-state index contributed by atoms with van der Waals surface area (Å²) in [6.45, 7) is 7.51. The summed E-state index contributed by atoms with van der Waals surface area (Å²) in [5.74, 6) is 0.637. The first-order chi connectivity index (χ1) is 8.28. The zero-order valence-corrected chi connectivity index (χ0v) is 12.0. The van der Waals surface area contributed by atoms with Crippen LogP contribution in [0.4, 0.5) is 0 Å². The van der Waals surface area contributed by atoms with Crippen LogP contribution in [0.2, 0.25) is 0 Å². The standard InChI is InChI=1S/C13H19NO3S/c1-6-11-9-12(18(15,16)14(4)5)7-8-13(11)17-10(2)3/h6-10H,1H2,2-5H3. The summed E-state index contributed by atoms with van der Waals surface area (Å²) in [6, 6.07) is 4.77. The van der Waals surface area contributed by atoms with E-state index in [1.54, 1.807) is 24.3 Å². The quantitative estimate of drug-likeness (QED) is 0.824. The molecule has 100 valence electrons. The molecule has 1 aromatic carbocycles. The molecule has 0 saturated heterocycles. The van der Waals surface area contributed by atoms with Crippen molar-refractivity contribution in [2.75, 3.05) is 14.1 Å². The summed E-state index contributed by atoms with van der Waals surface area (Å²) < 4.78 is 30.7. The van der Waals surface area contributed by atoms with Crippen LogP contribution in [0.15, 0.2) is 29.7 Å². The van der Waals surface area contributed by atoms with Crippen molar-refractivity contribution in [3.8, 4) is 5.75 Å². The van der Waals surface area contributed by atoms with E-state index in [4.69, 9.17) is 4.74 Å². The zero-order chi connectivity index (χ0) is 13.9. The number of sulfonamides is 1. The van der Waals surface area contributed by atoms with Gasteiger partial charge in [-0.1, -0.05) is 12.7 Å². The summed E-state index contributed by atoms with van der Waals surface area (Å²) in [5.41, 5.74) is 0.673. The highest BCUT2D eigenvalue weighted by Crippen LogP contribution is 2.25. The minimum absolute atomic E-state index is 0.0278. The predicted molar refractivity (Wildman–Crippen MR) is 73.2 cm³/mol. The minimum Gasteiger partial charge on any atom is -0.490 e. The van der Waals surface area contributed by atoms with Gasteiger partial charge in [0, 0.05) is 19.7 Å². The van der Waals surface area contributed by atoms with E-state index in [1.807, 2.05) is 13.8 Å². The van der Waals surface area contributed by atoms with Gasteiger partial charge in [0.15, 0.2) is 0 Å². The third-order valence-corrected chi connectivity index (χ3v) is 4.15. The Morgan fingerprint density at radius 3 is 2.39 bits per heavy atom. The van der Waals surface area contributed by atoms with E-state index < -0.39 is 10.0 Å². The average molecular weight is 269 g/mol. The lowest BCUT2D eigenvalue weighted by Crippen LogP contribution is -2.22. The van der Waals surface area contributed by atoms with E-state index in [2.05, 4.69) is 6.58 Å². The van der Waals surface area contributed by atoms with Crippen LogP contribution in [0.1, 0.15) is 19.4 Å². The Hall–Kier alpha value is -1.33. The molecule has 0 aromatic heterocycles. The molecule has 0 bridgehead atoms. The van der Waals surface area contributed by atoms with Crippen molar-refractivity contribution in [2.24, 2.45) is 0 Å². The Labute approximate surface area is 109 Å². The maximum Gasteiger partial charge on any atom is 0.242 e. The molecule has 18 heavy (non-hydrogen) atoms. The Kier molecular flexibility index (Phi) is 4.53. The van der Waals surface area contributed by atoms with Gasteiger partial charge in [-0.25, -0.2) is 12.7 Å². The van der Waals surface area contributed by atoms with E-state index in [-0.39, 0.29) is 11.0 Å². The van der Waals surface area contributed by atoms with Gasteiger partial charge in [0.05, 0.1) is 11.0 Å². The smallest absolute Gasteiger partial charge is 0.242 e. The molecule has 1 aromatic rings. The SMILES string of the molecule is C=Cc1cc(S(=O)(=O)N(C)C)ccc1OC(C)C. The number of hydrogen-bond donors (Lipinski definition) is 0. The maximum atomic E-state index is 12.0. The molecule has 0 aliphatic heterocycles. The molecule has 0 N–H and O–H groups in total. The summed E-state index contributed by atoms with van der Waals surface area (Å²) in [5, 5.41) is 0. The van der Waals surface area contributed by atoms with E-state index >= 15 is 0 Å². The molecule has 0 saturated carbocycles. The molecule has 0 heterocycles. The van der Waals surface area contributed by atoms with Gasteiger partial charge in [-0.2, -0.15) is 0 Å². The Balaban J connectivity index is 3.26. The number of nitrogens with zero attached hydrogens (tertiary/aromatic N) is 1. The molecule has 1 rings (SSSR count). The van der Waals surface area contributed by atoms with Gasteiger partial charge >= 0.3 is 0 Å². The van der Waals surface area contributed by atoms with Crippen molar-refractivity contribution >= 4 is 16.1 Å². The molecule has 0 aliphatic carbocycles. The first kappa shape index (κ1) is 14.7. The molecule has 0 fully saturated rings. The van der Waals surface area contributed by atoms with Gasteiger partial charge in [0.1, 0.15) is 5.75 Å². The lowest BCUT2D eigenvalue weighted by Gasteiger charge is -2.15. The first-order valence-electron chi connectivity index (χ1n) is 5.64. The molecule has 0 aliphatic rings. The van der Waals surface area contributed by atoms with Crippen LogP contribution < -0.4 is 4.74 Å². The van der Waals surface area contributed by atoms with Gasteiger partial charge in [-0.3, -0.25) is 0 Å². The van der Waals surface area contributed by atoms with Crippen molar-refractivity contribution in [2.45, 2.75) is 24.8 Å². The molecule has 4 nitrogen and oxygen atoms in total. The van der Waals surface area contributed by atoms with Crippen LogP contribution in [0, 0.1) is 0 Å². The first-order valence-corrected chi connectivity index (χ1v) is 7.08. The Morgan fingerprint density at radius 2 is 1.94 bits per heavy atom. The molecule has 0 radical (unpaired) electrons. The number of rotatable bonds is 5. The van der Waals surface area contributed by atoms with Crippen LogP contribution in [-0.4, -0.2) is 32.9 Å². The maximum absolute atomic E-state index is 12.0. The van der Waals surface area contributed by atoms with Crippen molar-refractivity contribution in [3.05, 3.63) is 30.3 Å². The third-order valence-electron chi connectivity index (χ3n) is 2.34. The van der Waals surface area contributed by atoms with E-state index in [0.717, 1.165) is 0 Å². The second-order valence-corrected chi connectivity index (χ2v) is 6.51. The van der Waals surface area contributed by atoms with Gasteiger partial charge in [-0.05, 0) is 32.0 Å². The molecule has 0 amide bonds. The zero-order valence-electron chi connectivity index (χ0n) is 11.2. The normalized spacial score (nSPS) is 11.9. The lowest BCUT2D eigenvalue weighted by atomic mass is 10.2. The van der Waals surface area contributed by atoms with Gasteiger partial charge in [0.25, 0.3) is 0 Å². The van der Waals surface area contributed by atoms with Crippen molar-refractivity contribution in [1.82, 2.24) is 4.31 Å². The second kappa shape index (κ2) is 5.54. The molecule has 0 atom stereocenters. The Bertz CT molecular complexity index is 533. The van der Waals surface area contributed by atoms with Crippen molar-refractivity contribution in [1.29, 1.82) is 0 Å². The van der Waals surface area contributed by atoms with Crippen LogP contribution in [-0.2, 0) is 10.0 Å². The van der Waals surface area contributed by atoms with Gasteiger partial charge < -0.3 is 4.74 Å². The van der Waals surface area contributed by atoms with Crippen LogP contribution >= 0.6 is 0 Å². The topological polar surface area (TPSA) is 46.6 Å². The molecular formula is C13H19NO3S. The molecule has 5 heteroatoms. The van der Waals surface area contributed by atoms with E-state index in [0.29, 0.717) is 11.3 Å². The fraction of sp³-hybridized carbons (Fsp3) is 0.385. The highest BCUT2D eigenvalue weighted by atomic mass is 32.2. The van der Waals surface area contributed by atoms with E-state index in [9.17, 15) is 8.42 Å². The van der Waals surface area contributed by atoms with Crippen LogP contribution in [0.3, 0.4) is 0 Å². The van der Waals surface area contributed by atoms with Gasteiger partial charge in [0.2, 0.25) is 10.0 Å². The minimum atomic E-state index is -3.42. The summed E-state index contributed by atoms with van der Waals surface area (Å²) in [4.78, 5) is 0.235. The highest BCUT2D eigenvalue weighted by Gasteiger charge is 2.18. The fourth-order valence-electron chi connectivity index (χ4n) is 1.42. The summed E-state index contributed by atoms with van der Waals surface area (Å²) in [7, 11) is -0.422. The Morgan fingerprint density at radius 1 is 1.33 bits per heavy atom. The van der Waals surface area contributed by atoms with Crippen molar-refractivity contribution in [3.63, 3.8) is 0 Å². The largest absolute Gasteiger partial charge is 0.490 e. The highest BCUT2D eigenvalue weighted by molar-refractivity contribution is 7.89. The number of benzene rings is 1. The molecule has 0 spiro atoms. The molecular weight excluding hydrogens is 250 g/mol. The van der Waals surface area contributed by atoms with Crippen molar-refractivity contribution < 1.29 is 13.2 Å². The predicted octanol–water partition coefficient (Wildman–Crippen LogP) is 2.37. The van der Waals surface area contributed by atoms with Crippen LogP contribution in [0.5, 0.6) is 5.75 Å². The monoisotopic (exact) mass is 269 g/mol. The number of ether oxygens (including phenoxy) is 1. The lowest BCUT2D eigenvalue weighted by molar-refractivity contribution is 0.242. The fourth-order valence-corrected chi connectivity index (χ4v) is 2.36. The van der Waals surface area contributed by atoms with E-state index in [1.165, 1.54) is 18.4 Å². The van der Waals surface area contributed by atoms with Gasteiger partial charge in [-0.15, -0.1) is 0 Å².